The number of nitrogens with one attached hydrogen (secondary N) is 1. The SMILES string of the molecule is Cc1cccc(N(Cc2cc3cc(C)ccc3[nH]c2=O)C(=O)c2ccccc2C)c1. The highest BCUT2D eigenvalue weighted by Gasteiger charge is 2.21. The maximum Gasteiger partial charge on any atom is 0.258 e. The zero-order valence-corrected chi connectivity index (χ0v) is 17.4. The fourth-order valence-corrected chi connectivity index (χ4v) is 3.69. The van der Waals surface area contributed by atoms with Crippen LogP contribution in [0.4, 0.5) is 5.69 Å². The highest BCUT2D eigenvalue weighted by atomic mass is 16.2. The zero-order chi connectivity index (χ0) is 21.3. The largest absolute Gasteiger partial charge is 0.322 e. The number of rotatable bonds is 4. The molecule has 0 aliphatic heterocycles. The second kappa shape index (κ2) is 7.99. The number of fused-ring (bicyclic) bond motifs is 1. The van der Waals surface area contributed by atoms with Gasteiger partial charge in [0.2, 0.25) is 0 Å². The summed E-state index contributed by atoms with van der Waals surface area (Å²) >= 11 is 0. The first-order valence-electron chi connectivity index (χ1n) is 9.99. The highest BCUT2D eigenvalue weighted by Crippen LogP contribution is 2.23. The lowest BCUT2D eigenvalue weighted by molar-refractivity contribution is 0.0984. The predicted octanol–water partition coefficient (Wildman–Crippen LogP) is 5.30. The van der Waals surface area contributed by atoms with Crippen LogP contribution in [0.25, 0.3) is 10.9 Å². The number of hydrogen-bond donors (Lipinski definition) is 1. The monoisotopic (exact) mass is 396 g/mol. The van der Waals surface area contributed by atoms with Crippen molar-refractivity contribution in [2.45, 2.75) is 27.3 Å². The molecule has 4 aromatic rings. The molecule has 1 heterocycles. The quantitative estimate of drug-likeness (QED) is 0.509. The molecule has 0 atom stereocenters. The van der Waals surface area contributed by atoms with E-state index in [1.54, 1.807) is 4.90 Å². The van der Waals surface area contributed by atoms with Crippen LogP contribution < -0.4 is 10.5 Å². The van der Waals surface area contributed by atoms with Crippen LogP contribution in [-0.4, -0.2) is 10.9 Å². The Hall–Kier alpha value is -3.66. The second-order valence-electron chi connectivity index (χ2n) is 7.76. The van der Waals surface area contributed by atoms with Crippen LogP contribution in [0.15, 0.2) is 77.6 Å². The Kier molecular flexibility index (Phi) is 5.23. The number of aryl methyl sites for hydroxylation is 3. The lowest BCUT2D eigenvalue weighted by Crippen LogP contribution is -2.33. The predicted molar refractivity (Wildman–Crippen MR) is 122 cm³/mol. The van der Waals surface area contributed by atoms with Crippen LogP contribution in [0.2, 0.25) is 0 Å². The molecule has 3 aromatic carbocycles. The van der Waals surface area contributed by atoms with Gasteiger partial charge in [0.25, 0.3) is 11.5 Å². The third-order valence-electron chi connectivity index (χ3n) is 5.34. The number of carbonyl (C=O) groups is 1. The zero-order valence-electron chi connectivity index (χ0n) is 17.4. The summed E-state index contributed by atoms with van der Waals surface area (Å²) in [5.74, 6) is -0.123. The van der Waals surface area contributed by atoms with Gasteiger partial charge in [-0.3, -0.25) is 9.59 Å². The van der Waals surface area contributed by atoms with Gasteiger partial charge in [-0.05, 0) is 73.7 Å². The maximum atomic E-state index is 13.5. The molecule has 0 bridgehead atoms. The van der Waals surface area contributed by atoms with Gasteiger partial charge in [0.15, 0.2) is 0 Å². The molecule has 0 aliphatic carbocycles. The molecule has 4 heteroatoms. The molecule has 150 valence electrons. The summed E-state index contributed by atoms with van der Waals surface area (Å²) in [7, 11) is 0. The molecule has 30 heavy (non-hydrogen) atoms. The Morgan fingerprint density at radius 3 is 2.40 bits per heavy atom. The first-order chi connectivity index (χ1) is 14.4. The number of anilines is 1. The van der Waals surface area contributed by atoms with Gasteiger partial charge in [-0.25, -0.2) is 0 Å². The van der Waals surface area contributed by atoms with E-state index < -0.39 is 0 Å². The number of aromatic amines is 1. The average molecular weight is 396 g/mol. The Morgan fingerprint density at radius 2 is 1.63 bits per heavy atom. The van der Waals surface area contributed by atoms with Crippen molar-refractivity contribution < 1.29 is 4.79 Å². The average Bonchev–Trinajstić information content (AvgIpc) is 2.72. The number of aromatic nitrogens is 1. The van der Waals surface area contributed by atoms with E-state index in [9.17, 15) is 9.59 Å². The van der Waals surface area contributed by atoms with E-state index in [2.05, 4.69) is 4.98 Å². The van der Waals surface area contributed by atoms with E-state index in [-0.39, 0.29) is 18.0 Å². The van der Waals surface area contributed by atoms with Gasteiger partial charge in [-0.1, -0.05) is 42.0 Å². The Balaban J connectivity index is 1.82. The van der Waals surface area contributed by atoms with Crippen molar-refractivity contribution in [1.82, 2.24) is 4.98 Å². The molecule has 1 aromatic heterocycles. The number of amides is 1. The molecular weight excluding hydrogens is 372 g/mol. The summed E-state index contributed by atoms with van der Waals surface area (Å²) in [5, 5.41) is 0.956. The van der Waals surface area contributed by atoms with Gasteiger partial charge < -0.3 is 9.88 Å². The number of nitrogens with zero attached hydrogens (tertiary/aromatic N) is 1. The smallest absolute Gasteiger partial charge is 0.258 e. The fourth-order valence-electron chi connectivity index (χ4n) is 3.69. The summed E-state index contributed by atoms with van der Waals surface area (Å²) in [6, 6.07) is 23.1. The molecule has 4 nitrogen and oxygen atoms in total. The van der Waals surface area contributed by atoms with E-state index in [0.717, 1.165) is 33.3 Å². The van der Waals surface area contributed by atoms with Gasteiger partial charge in [0.05, 0.1) is 6.54 Å². The number of pyridine rings is 1. The van der Waals surface area contributed by atoms with Gasteiger partial charge in [0, 0.05) is 22.3 Å². The molecule has 0 fully saturated rings. The van der Waals surface area contributed by atoms with Crippen LogP contribution in [0.1, 0.15) is 32.6 Å². The fraction of sp³-hybridized carbons (Fsp3) is 0.154. The van der Waals surface area contributed by atoms with Crippen molar-refractivity contribution in [2.75, 3.05) is 4.90 Å². The van der Waals surface area contributed by atoms with Gasteiger partial charge in [0.1, 0.15) is 0 Å². The third-order valence-corrected chi connectivity index (χ3v) is 5.34. The molecule has 0 aliphatic rings. The molecule has 0 unspecified atom stereocenters. The summed E-state index contributed by atoms with van der Waals surface area (Å²) in [6.45, 7) is 6.12. The molecule has 0 spiro atoms. The molecule has 0 saturated heterocycles. The topological polar surface area (TPSA) is 53.2 Å². The van der Waals surface area contributed by atoms with Crippen LogP contribution >= 0.6 is 0 Å². The molecular formula is C26H24N2O2. The first kappa shape index (κ1) is 19.6. The lowest BCUT2D eigenvalue weighted by atomic mass is 10.1. The minimum atomic E-state index is -0.179. The summed E-state index contributed by atoms with van der Waals surface area (Å²) < 4.78 is 0. The molecule has 4 rings (SSSR count). The van der Waals surface area contributed by atoms with E-state index in [1.165, 1.54) is 0 Å². The molecule has 1 N–H and O–H groups in total. The maximum absolute atomic E-state index is 13.5. The Labute approximate surface area is 175 Å². The van der Waals surface area contributed by atoms with Crippen LogP contribution in [0.5, 0.6) is 0 Å². The van der Waals surface area contributed by atoms with Crippen LogP contribution in [-0.2, 0) is 6.54 Å². The van der Waals surface area contributed by atoms with E-state index in [0.29, 0.717) is 11.1 Å². The lowest BCUT2D eigenvalue weighted by Gasteiger charge is -2.24. The summed E-state index contributed by atoms with van der Waals surface area (Å²) in [6.07, 6.45) is 0. The molecule has 0 radical (unpaired) electrons. The van der Waals surface area contributed by atoms with E-state index >= 15 is 0 Å². The van der Waals surface area contributed by atoms with Crippen molar-refractivity contribution in [3.8, 4) is 0 Å². The van der Waals surface area contributed by atoms with Crippen molar-refractivity contribution in [2.24, 2.45) is 0 Å². The standard InChI is InChI=1S/C26H24N2O2/c1-17-7-6-9-22(14-17)28(26(30)23-10-5-4-8-19(23)3)16-21-15-20-13-18(2)11-12-24(20)27-25(21)29/h4-15H,16H2,1-3H3,(H,27,29). The van der Waals surface area contributed by atoms with Gasteiger partial charge in [-0.15, -0.1) is 0 Å². The number of benzene rings is 3. The molecule has 0 saturated carbocycles. The van der Waals surface area contributed by atoms with Crippen LogP contribution in [0, 0.1) is 20.8 Å². The van der Waals surface area contributed by atoms with Crippen molar-refractivity contribution in [3.05, 3.63) is 111 Å². The minimum Gasteiger partial charge on any atom is -0.322 e. The van der Waals surface area contributed by atoms with Gasteiger partial charge >= 0.3 is 0 Å². The van der Waals surface area contributed by atoms with Crippen molar-refractivity contribution >= 4 is 22.5 Å². The molecule has 1 amide bonds. The van der Waals surface area contributed by atoms with Crippen molar-refractivity contribution in [3.63, 3.8) is 0 Å². The number of hydrogen-bond acceptors (Lipinski definition) is 2. The Bertz CT molecular complexity index is 1300. The van der Waals surface area contributed by atoms with Crippen molar-refractivity contribution in [1.29, 1.82) is 0 Å². The number of H-pyrrole nitrogens is 1. The third kappa shape index (κ3) is 3.90. The summed E-state index contributed by atoms with van der Waals surface area (Å²) in [4.78, 5) is 30.9. The second-order valence-corrected chi connectivity index (χ2v) is 7.76. The number of carbonyl (C=O) groups excluding carboxylic acids is 1. The van der Waals surface area contributed by atoms with Gasteiger partial charge in [-0.2, -0.15) is 0 Å². The minimum absolute atomic E-state index is 0.123. The normalized spacial score (nSPS) is 10.9. The first-order valence-corrected chi connectivity index (χ1v) is 9.99. The van der Waals surface area contributed by atoms with Crippen LogP contribution in [0.3, 0.4) is 0 Å². The Morgan fingerprint density at radius 1 is 0.867 bits per heavy atom. The summed E-state index contributed by atoms with van der Waals surface area (Å²) in [5.41, 5.74) is 5.65. The highest BCUT2D eigenvalue weighted by molar-refractivity contribution is 6.07. The van der Waals surface area contributed by atoms with E-state index in [4.69, 9.17) is 0 Å². The van der Waals surface area contributed by atoms with E-state index in [1.807, 2.05) is 93.6 Å².